The van der Waals surface area contributed by atoms with Gasteiger partial charge in [-0.3, -0.25) is 4.79 Å². The second-order valence-corrected chi connectivity index (χ2v) is 7.10. The maximum atomic E-state index is 12.3. The lowest BCUT2D eigenvalue weighted by atomic mass is 10.2. The number of ether oxygens (including phenoxy) is 1. The van der Waals surface area contributed by atoms with Crippen molar-refractivity contribution in [3.05, 3.63) is 46.9 Å². The third kappa shape index (κ3) is 4.03. The molecule has 1 amide bonds. The Kier molecular flexibility index (Phi) is 5.68. The van der Waals surface area contributed by atoms with Gasteiger partial charge < -0.3 is 19.6 Å². The van der Waals surface area contributed by atoms with E-state index in [0.29, 0.717) is 0 Å². The van der Waals surface area contributed by atoms with Gasteiger partial charge in [0.1, 0.15) is 27.7 Å². The Morgan fingerprint density at radius 2 is 1.96 bits per heavy atom. The number of aromatic carboxylic acids is 1. The van der Waals surface area contributed by atoms with Gasteiger partial charge >= 0.3 is 5.97 Å². The van der Waals surface area contributed by atoms with Crippen LogP contribution in [0.25, 0.3) is 0 Å². The number of methoxy groups -OCH3 is 1. The average molecular weight is 382 g/mol. The van der Waals surface area contributed by atoms with Gasteiger partial charge in [0.15, 0.2) is 0 Å². The number of aryl methyl sites for hydroxylation is 1. The van der Waals surface area contributed by atoms with Gasteiger partial charge in [-0.05, 0) is 38.2 Å². The minimum atomic E-state index is -3.81. The lowest BCUT2D eigenvalue weighted by molar-refractivity contribution is 0.0694. The first kappa shape index (κ1) is 19.5. The maximum Gasteiger partial charge on any atom is 0.339 e. The van der Waals surface area contributed by atoms with Gasteiger partial charge in [-0.25, -0.2) is 17.9 Å². The minimum absolute atomic E-state index is 0.0149. The fraction of sp³-hybridized carbons (Fsp3) is 0.250. The van der Waals surface area contributed by atoms with Crippen molar-refractivity contribution >= 4 is 21.9 Å². The minimum Gasteiger partial charge on any atom is -0.495 e. The molecule has 0 aliphatic rings. The number of carboxylic acid groups (broad SMARTS) is 1. The average Bonchev–Trinajstić information content (AvgIpc) is 3.00. The number of rotatable bonds is 7. The third-order valence-electron chi connectivity index (χ3n) is 3.61. The van der Waals surface area contributed by atoms with Crippen molar-refractivity contribution in [3.8, 4) is 5.75 Å². The molecule has 2 aromatic rings. The Morgan fingerprint density at radius 3 is 2.50 bits per heavy atom. The van der Waals surface area contributed by atoms with Crippen LogP contribution in [-0.4, -0.2) is 39.6 Å². The molecular weight excluding hydrogens is 364 g/mol. The summed E-state index contributed by atoms with van der Waals surface area (Å²) in [6.07, 6.45) is 0. The molecule has 0 radical (unpaired) electrons. The van der Waals surface area contributed by atoms with Crippen molar-refractivity contribution in [1.82, 2.24) is 10.0 Å². The monoisotopic (exact) mass is 382 g/mol. The van der Waals surface area contributed by atoms with E-state index in [1.807, 2.05) is 0 Å². The van der Waals surface area contributed by atoms with Gasteiger partial charge in [0.2, 0.25) is 10.0 Å². The van der Waals surface area contributed by atoms with Crippen LogP contribution in [0.3, 0.4) is 0 Å². The Hall–Kier alpha value is -2.85. The van der Waals surface area contributed by atoms with Gasteiger partial charge in [0.05, 0.1) is 13.7 Å². The Labute approximate surface area is 150 Å². The molecule has 0 atom stereocenters. The van der Waals surface area contributed by atoms with Crippen LogP contribution >= 0.6 is 0 Å². The summed E-state index contributed by atoms with van der Waals surface area (Å²) in [6.45, 7) is 1.46. The summed E-state index contributed by atoms with van der Waals surface area (Å²) in [4.78, 5) is 23.1. The number of hydrogen-bond donors (Lipinski definition) is 3. The Morgan fingerprint density at radius 1 is 1.27 bits per heavy atom. The molecule has 26 heavy (non-hydrogen) atoms. The molecular formula is C16H18N2O7S. The predicted octanol–water partition coefficient (Wildman–Crippen LogP) is 1.13. The molecule has 1 heterocycles. The van der Waals surface area contributed by atoms with Crippen LogP contribution in [0.4, 0.5) is 0 Å². The van der Waals surface area contributed by atoms with Crippen molar-refractivity contribution < 1.29 is 32.3 Å². The van der Waals surface area contributed by atoms with Crippen LogP contribution in [0.5, 0.6) is 5.75 Å². The molecule has 2 rings (SSSR count). The topological polar surface area (TPSA) is 135 Å². The molecule has 1 aromatic carbocycles. The summed E-state index contributed by atoms with van der Waals surface area (Å²) in [5.74, 6) is -1.07. The van der Waals surface area contributed by atoms with E-state index in [1.54, 1.807) is 0 Å². The number of benzene rings is 1. The smallest absolute Gasteiger partial charge is 0.339 e. The number of amides is 1. The van der Waals surface area contributed by atoms with Crippen molar-refractivity contribution in [2.24, 2.45) is 0 Å². The highest BCUT2D eigenvalue weighted by atomic mass is 32.2. The number of carbonyl (C=O) groups excluding carboxylic acids is 1. The van der Waals surface area contributed by atoms with Crippen LogP contribution in [0.1, 0.15) is 32.2 Å². The number of carbonyl (C=O) groups is 2. The van der Waals surface area contributed by atoms with Gasteiger partial charge in [-0.2, -0.15) is 0 Å². The van der Waals surface area contributed by atoms with E-state index in [-0.39, 0.29) is 39.8 Å². The normalized spacial score (nSPS) is 11.2. The Bertz CT molecular complexity index is 948. The molecule has 9 nitrogen and oxygen atoms in total. The van der Waals surface area contributed by atoms with Crippen LogP contribution in [0.15, 0.2) is 33.6 Å². The summed E-state index contributed by atoms with van der Waals surface area (Å²) >= 11 is 0. The first-order valence-corrected chi connectivity index (χ1v) is 8.90. The predicted molar refractivity (Wildman–Crippen MR) is 90.8 cm³/mol. The van der Waals surface area contributed by atoms with Crippen LogP contribution in [0.2, 0.25) is 0 Å². The van der Waals surface area contributed by atoms with Crippen molar-refractivity contribution in [1.29, 1.82) is 0 Å². The molecule has 140 valence electrons. The molecule has 1 aromatic heterocycles. The molecule has 0 saturated carbocycles. The van der Waals surface area contributed by atoms with Crippen LogP contribution in [0, 0.1) is 6.92 Å². The zero-order valence-corrected chi connectivity index (χ0v) is 15.1. The first-order chi connectivity index (χ1) is 12.2. The largest absolute Gasteiger partial charge is 0.495 e. The van der Waals surface area contributed by atoms with E-state index in [2.05, 4.69) is 10.0 Å². The summed E-state index contributed by atoms with van der Waals surface area (Å²) in [6, 6.07) is 5.30. The second kappa shape index (κ2) is 7.58. The fourth-order valence-electron chi connectivity index (χ4n) is 2.25. The van der Waals surface area contributed by atoms with Crippen LogP contribution < -0.4 is 14.8 Å². The van der Waals surface area contributed by atoms with E-state index in [0.717, 1.165) is 0 Å². The maximum absolute atomic E-state index is 12.3. The van der Waals surface area contributed by atoms with Gasteiger partial charge in [0, 0.05) is 5.56 Å². The van der Waals surface area contributed by atoms with E-state index in [1.165, 1.54) is 45.3 Å². The van der Waals surface area contributed by atoms with E-state index in [4.69, 9.17) is 14.3 Å². The zero-order valence-electron chi connectivity index (χ0n) is 14.3. The Balaban J connectivity index is 2.21. The van der Waals surface area contributed by atoms with Crippen LogP contribution in [-0.2, 0) is 16.6 Å². The second-order valence-electron chi connectivity index (χ2n) is 5.24. The van der Waals surface area contributed by atoms with Crippen molar-refractivity contribution in [3.63, 3.8) is 0 Å². The van der Waals surface area contributed by atoms with Gasteiger partial charge in [-0.15, -0.1) is 0 Å². The molecule has 0 fully saturated rings. The zero-order chi connectivity index (χ0) is 19.5. The van der Waals surface area contributed by atoms with E-state index < -0.39 is 21.9 Å². The van der Waals surface area contributed by atoms with E-state index in [9.17, 15) is 18.0 Å². The first-order valence-electron chi connectivity index (χ1n) is 7.42. The van der Waals surface area contributed by atoms with Gasteiger partial charge in [-0.1, -0.05) is 0 Å². The number of carboxylic acids is 1. The lowest BCUT2D eigenvalue weighted by Crippen LogP contribution is -2.24. The quantitative estimate of drug-likeness (QED) is 0.653. The molecule has 0 aliphatic carbocycles. The van der Waals surface area contributed by atoms with Crippen molar-refractivity contribution in [2.75, 3.05) is 14.2 Å². The SMILES string of the molecule is CNS(=O)(=O)c1cc(C(=O)NCc2cc(C(=O)O)c(C)o2)ccc1OC. The number of furan rings is 1. The summed E-state index contributed by atoms with van der Waals surface area (Å²) in [5, 5.41) is 11.5. The van der Waals surface area contributed by atoms with Gasteiger partial charge in [0.25, 0.3) is 5.91 Å². The fourth-order valence-corrected chi connectivity index (χ4v) is 3.17. The van der Waals surface area contributed by atoms with Crippen molar-refractivity contribution in [2.45, 2.75) is 18.4 Å². The summed E-state index contributed by atoms with van der Waals surface area (Å²) in [7, 11) is -1.24. The molecule has 3 N–H and O–H groups in total. The van der Waals surface area contributed by atoms with E-state index >= 15 is 0 Å². The number of sulfonamides is 1. The standard InChI is InChI=1S/C16H18N2O7S/c1-9-12(16(20)21)7-11(25-9)8-18-15(19)10-4-5-13(24-3)14(6-10)26(22,23)17-2/h4-7,17H,8H2,1-3H3,(H,18,19)(H,20,21). The molecule has 0 bridgehead atoms. The lowest BCUT2D eigenvalue weighted by Gasteiger charge is -2.11. The molecule has 0 saturated heterocycles. The number of hydrogen-bond acceptors (Lipinski definition) is 6. The highest BCUT2D eigenvalue weighted by Crippen LogP contribution is 2.24. The molecule has 0 spiro atoms. The molecule has 0 unspecified atom stereocenters. The summed E-state index contributed by atoms with van der Waals surface area (Å²) < 4.78 is 36.5. The molecule has 0 aliphatic heterocycles. The summed E-state index contributed by atoms with van der Waals surface area (Å²) in [5.41, 5.74) is 0.113. The number of nitrogens with one attached hydrogen (secondary N) is 2. The highest BCUT2D eigenvalue weighted by molar-refractivity contribution is 7.89. The molecule has 10 heteroatoms. The highest BCUT2D eigenvalue weighted by Gasteiger charge is 2.20. The third-order valence-corrected chi connectivity index (χ3v) is 5.04.